The molecule has 0 N–H and O–H groups in total. The van der Waals surface area contributed by atoms with Crippen LogP contribution in [0.2, 0.25) is 5.28 Å². The Labute approximate surface area is 89.5 Å². The zero-order valence-corrected chi connectivity index (χ0v) is 9.30. The summed E-state index contributed by atoms with van der Waals surface area (Å²) in [5.41, 5.74) is 0. The molecule has 2 rings (SSSR count). The third kappa shape index (κ3) is 1.78. The van der Waals surface area contributed by atoms with Crippen molar-refractivity contribution in [3.63, 3.8) is 0 Å². The number of nitrogens with zero attached hydrogens (tertiary/aromatic N) is 3. The monoisotopic (exact) mass is 213 g/mol. The Kier molecular flexibility index (Phi) is 3.06. The molecule has 0 radical (unpaired) electrons. The Balaban J connectivity index is 2.21. The lowest BCUT2D eigenvalue weighted by Crippen LogP contribution is -2.11. The lowest BCUT2D eigenvalue weighted by Gasteiger charge is -2.20. The van der Waals surface area contributed by atoms with E-state index in [4.69, 9.17) is 11.6 Å². The van der Waals surface area contributed by atoms with Crippen LogP contribution in [0.15, 0.2) is 0 Å². The van der Waals surface area contributed by atoms with Gasteiger partial charge in [0.1, 0.15) is 5.82 Å². The number of rotatable bonds is 2. The Hall–Kier alpha value is -0.570. The average molecular weight is 214 g/mol. The molecule has 0 aromatic carbocycles. The van der Waals surface area contributed by atoms with Gasteiger partial charge in [0.05, 0.1) is 0 Å². The van der Waals surface area contributed by atoms with E-state index in [1.165, 1.54) is 32.1 Å². The molecule has 0 saturated heterocycles. The summed E-state index contributed by atoms with van der Waals surface area (Å²) in [4.78, 5) is 0. The highest BCUT2D eigenvalue weighted by atomic mass is 35.5. The topological polar surface area (TPSA) is 30.7 Å². The van der Waals surface area contributed by atoms with Crippen molar-refractivity contribution in [2.75, 3.05) is 0 Å². The molecule has 78 valence electrons. The van der Waals surface area contributed by atoms with Crippen molar-refractivity contribution >= 4 is 11.6 Å². The first-order chi connectivity index (χ1) is 6.83. The summed E-state index contributed by atoms with van der Waals surface area (Å²) in [6.45, 7) is 2.96. The smallest absolute Gasteiger partial charge is 0.225 e. The quantitative estimate of drug-likeness (QED) is 0.756. The van der Waals surface area contributed by atoms with Crippen molar-refractivity contribution in [3.8, 4) is 0 Å². The van der Waals surface area contributed by atoms with Crippen LogP contribution in [0.3, 0.4) is 0 Å². The third-order valence-electron chi connectivity index (χ3n) is 3.02. The third-order valence-corrected chi connectivity index (χ3v) is 3.30. The van der Waals surface area contributed by atoms with E-state index in [2.05, 4.69) is 17.1 Å². The molecule has 14 heavy (non-hydrogen) atoms. The molecule has 3 nitrogen and oxygen atoms in total. The van der Waals surface area contributed by atoms with Gasteiger partial charge in [0, 0.05) is 12.5 Å². The fourth-order valence-corrected chi connectivity index (χ4v) is 2.49. The predicted molar refractivity (Wildman–Crippen MR) is 56.5 cm³/mol. The molecule has 1 aromatic rings. The molecule has 0 atom stereocenters. The minimum atomic E-state index is 0.535. The Morgan fingerprint density at radius 1 is 1.29 bits per heavy atom. The summed E-state index contributed by atoms with van der Waals surface area (Å²) in [6.07, 6.45) is 6.49. The number of hydrogen-bond acceptors (Lipinski definition) is 2. The molecule has 0 spiro atoms. The highest BCUT2D eigenvalue weighted by molar-refractivity contribution is 6.28. The van der Waals surface area contributed by atoms with Crippen molar-refractivity contribution in [1.29, 1.82) is 0 Å². The average Bonchev–Trinajstić information content (AvgIpc) is 2.61. The molecule has 0 aliphatic heterocycles. The summed E-state index contributed by atoms with van der Waals surface area (Å²) in [5.74, 6) is 1.68. The zero-order valence-electron chi connectivity index (χ0n) is 8.54. The normalized spacial score (nSPS) is 18.7. The van der Waals surface area contributed by atoms with E-state index in [1.54, 1.807) is 0 Å². The van der Waals surface area contributed by atoms with Gasteiger partial charge in [-0.15, -0.1) is 10.2 Å². The predicted octanol–water partition coefficient (Wildman–Crippen LogP) is 3.00. The minimum Gasteiger partial charge on any atom is -0.302 e. The van der Waals surface area contributed by atoms with Crippen molar-refractivity contribution in [3.05, 3.63) is 11.1 Å². The fraction of sp³-hybridized carbons (Fsp3) is 0.800. The van der Waals surface area contributed by atoms with Crippen LogP contribution in [-0.2, 0) is 6.54 Å². The van der Waals surface area contributed by atoms with Gasteiger partial charge in [-0.3, -0.25) is 0 Å². The first-order valence-electron chi connectivity index (χ1n) is 5.41. The second kappa shape index (κ2) is 4.30. The van der Waals surface area contributed by atoms with Gasteiger partial charge < -0.3 is 4.57 Å². The summed E-state index contributed by atoms with van der Waals surface area (Å²) in [5, 5.41) is 8.67. The van der Waals surface area contributed by atoms with Crippen LogP contribution < -0.4 is 0 Å². The summed E-state index contributed by atoms with van der Waals surface area (Å²) < 4.78 is 2.03. The van der Waals surface area contributed by atoms with Gasteiger partial charge in [-0.25, -0.2) is 0 Å². The van der Waals surface area contributed by atoms with Crippen molar-refractivity contribution in [2.24, 2.45) is 0 Å². The van der Waals surface area contributed by atoms with E-state index in [0.29, 0.717) is 11.2 Å². The van der Waals surface area contributed by atoms with Crippen LogP contribution in [0.4, 0.5) is 0 Å². The van der Waals surface area contributed by atoms with E-state index >= 15 is 0 Å². The Bertz CT molecular complexity index is 302. The van der Waals surface area contributed by atoms with E-state index in [-0.39, 0.29) is 0 Å². The van der Waals surface area contributed by atoms with E-state index in [1.807, 2.05) is 4.57 Å². The molecule has 1 aromatic heterocycles. The van der Waals surface area contributed by atoms with E-state index < -0.39 is 0 Å². The maximum absolute atomic E-state index is 5.95. The molecule has 0 amide bonds. The van der Waals surface area contributed by atoms with Crippen molar-refractivity contribution < 1.29 is 0 Å². The largest absolute Gasteiger partial charge is 0.302 e. The molecular formula is C10H16ClN3. The molecule has 1 heterocycles. The SMILES string of the molecule is CCn1c(Cl)nnc1C1CCCCC1. The lowest BCUT2D eigenvalue weighted by atomic mass is 9.89. The molecule has 0 unspecified atom stereocenters. The molecule has 0 bridgehead atoms. The number of hydrogen-bond donors (Lipinski definition) is 0. The second-order valence-corrected chi connectivity index (χ2v) is 4.24. The van der Waals surface area contributed by atoms with Crippen LogP contribution in [0.5, 0.6) is 0 Å². The zero-order chi connectivity index (χ0) is 9.97. The minimum absolute atomic E-state index is 0.535. The van der Waals surface area contributed by atoms with Gasteiger partial charge in [-0.1, -0.05) is 19.3 Å². The lowest BCUT2D eigenvalue weighted by molar-refractivity contribution is 0.416. The Morgan fingerprint density at radius 2 is 2.00 bits per heavy atom. The van der Waals surface area contributed by atoms with Crippen molar-refractivity contribution in [2.45, 2.75) is 51.5 Å². The first-order valence-corrected chi connectivity index (χ1v) is 5.79. The molecule has 1 aliphatic rings. The van der Waals surface area contributed by atoms with Gasteiger partial charge in [0.15, 0.2) is 0 Å². The molecule has 1 fully saturated rings. The Morgan fingerprint density at radius 3 is 2.64 bits per heavy atom. The second-order valence-electron chi connectivity index (χ2n) is 3.91. The van der Waals surface area contributed by atoms with Gasteiger partial charge in [-0.2, -0.15) is 0 Å². The summed E-state index contributed by atoms with van der Waals surface area (Å²) >= 11 is 5.95. The number of aromatic nitrogens is 3. The molecule has 1 aliphatic carbocycles. The highest BCUT2D eigenvalue weighted by Crippen LogP contribution is 2.32. The molecule has 1 saturated carbocycles. The summed E-state index contributed by atoms with van der Waals surface area (Å²) in [6, 6.07) is 0. The summed E-state index contributed by atoms with van der Waals surface area (Å²) in [7, 11) is 0. The van der Waals surface area contributed by atoms with Gasteiger partial charge in [0.25, 0.3) is 0 Å². The maximum Gasteiger partial charge on any atom is 0.225 e. The van der Waals surface area contributed by atoms with Gasteiger partial charge in [0.2, 0.25) is 5.28 Å². The van der Waals surface area contributed by atoms with Crippen LogP contribution in [0, 0.1) is 0 Å². The molecular weight excluding hydrogens is 198 g/mol. The fourth-order valence-electron chi connectivity index (χ4n) is 2.25. The highest BCUT2D eigenvalue weighted by Gasteiger charge is 2.21. The van der Waals surface area contributed by atoms with Crippen LogP contribution in [-0.4, -0.2) is 14.8 Å². The number of halogens is 1. The van der Waals surface area contributed by atoms with Crippen molar-refractivity contribution in [1.82, 2.24) is 14.8 Å². The first kappa shape index (κ1) is 9.97. The van der Waals surface area contributed by atoms with Gasteiger partial charge in [-0.05, 0) is 31.4 Å². The van der Waals surface area contributed by atoms with Crippen LogP contribution in [0.1, 0.15) is 50.8 Å². The van der Waals surface area contributed by atoms with E-state index in [0.717, 1.165) is 12.4 Å². The van der Waals surface area contributed by atoms with Crippen LogP contribution in [0.25, 0.3) is 0 Å². The van der Waals surface area contributed by atoms with E-state index in [9.17, 15) is 0 Å². The maximum atomic E-state index is 5.95. The standard InChI is InChI=1S/C10H16ClN3/c1-2-14-9(12-13-10(14)11)8-6-4-3-5-7-8/h8H,2-7H2,1H3. The molecule has 4 heteroatoms. The van der Waals surface area contributed by atoms with Gasteiger partial charge >= 0.3 is 0 Å². The van der Waals surface area contributed by atoms with Crippen LogP contribution >= 0.6 is 11.6 Å².